The van der Waals surface area contributed by atoms with Crippen LogP contribution in [0.1, 0.15) is 40.0 Å². The molecule has 3 rings (SSSR count). The Labute approximate surface area is 186 Å². The molecule has 3 amide bonds. The quantitative estimate of drug-likeness (QED) is 0.761. The number of carbonyl (C=O) groups excluding carboxylic acids is 2. The highest BCUT2D eigenvalue weighted by Crippen LogP contribution is 2.23. The highest BCUT2D eigenvalue weighted by Gasteiger charge is 2.29. The van der Waals surface area contributed by atoms with Gasteiger partial charge >= 0.3 is 6.03 Å². The smallest absolute Gasteiger partial charge is 0.323 e. The summed E-state index contributed by atoms with van der Waals surface area (Å²) in [6.45, 7) is 7.37. The zero-order valence-electron chi connectivity index (χ0n) is 18.9. The van der Waals surface area contributed by atoms with Gasteiger partial charge in [-0.3, -0.25) is 15.1 Å². The Balaban J connectivity index is 1.54. The summed E-state index contributed by atoms with van der Waals surface area (Å²) in [6.07, 6.45) is 4.61. The van der Waals surface area contributed by atoms with E-state index in [1.54, 1.807) is 11.9 Å². The van der Waals surface area contributed by atoms with E-state index in [4.69, 9.17) is 0 Å². The van der Waals surface area contributed by atoms with Crippen LogP contribution in [0.2, 0.25) is 0 Å². The molecule has 2 heterocycles. The summed E-state index contributed by atoms with van der Waals surface area (Å²) in [4.78, 5) is 36.8. The van der Waals surface area contributed by atoms with Crippen LogP contribution in [0, 0.1) is 17.0 Å². The van der Waals surface area contributed by atoms with Crippen LogP contribution in [0.25, 0.3) is 11.3 Å². The summed E-state index contributed by atoms with van der Waals surface area (Å²) in [5, 5.41) is 2.69. The van der Waals surface area contributed by atoms with Crippen LogP contribution in [0.3, 0.4) is 0 Å². The summed E-state index contributed by atoms with van der Waals surface area (Å²) in [5.41, 5.74) is 0.504. The molecule has 1 aromatic carbocycles. The Morgan fingerprint density at radius 2 is 1.72 bits per heavy atom. The fraction of sp³-hybridized carbons (Fsp3) is 0.478. The number of amides is 3. The Kier molecular flexibility index (Phi) is 7.06. The number of benzene rings is 1. The number of halogens is 2. The van der Waals surface area contributed by atoms with Crippen molar-refractivity contribution in [3.63, 3.8) is 0 Å². The Bertz CT molecular complexity index is 947. The molecule has 1 fully saturated rings. The minimum Gasteiger partial charge on any atom is -0.343 e. The lowest BCUT2D eigenvalue weighted by Gasteiger charge is -2.37. The monoisotopic (exact) mass is 445 g/mol. The van der Waals surface area contributed by atoms with E-state index in [1.807, 2.05) is 25.7 Å². The SMILES string of the molecule is CN(C(=O)Nc1cnc(-c2cc(F)cc(F)c2)cn1)C1CCN(C(=O)CC(C)(C)C)CC1. The third kappa shape index (κ3) is 6.21. The first-order valence-electron chi connectivity index (χ1n) is 10.6. The molecule has 1 aliphatic rings. The third-order valence-corrected chi connectivity index (χ3v) is 5.41. The fourth-order valence-electron chi connectivity index (χ4n) is 3.67. The first-order valence-corrected chi connectivity index (χ1v) is 10.6. The van der Waals surface area contributed by atoms with Gasteiger partial charge < -0.3 is 9.80 Å². The van der Waals surface area contributed by atoms with Gasteiger partial charge in [0.15, 0.2) is 5.82 Å². The summed E-state index contributed by atoms with van der Waals surface area (Å²) >= 11 is 0. The summed E-state index contributed by atoms with van der Waals surface area (Å²) in [6, 6.07) is 2.79. The molecule has 0 radical (unpaired) electrons. The van der Waals surface area contributed by atoms with Crippen LogP contribution in [-0.4, -0.2) is 57.9 Å². The number of carbonyl (C=O) groups is 2. The summed E-state index contributed by atoms with van der Waals surface area (Å²) in [7, 11) is 1.71. The molecule has 32 heavy (non-hydrogen) atoms. The highest BCUT2D eigenvalue weighted by molar-refractivity contribution is 5.88. The van der Waals surface area contributed by atoms with Crippen molar-refractivity contribution in [3.8, 4) is 11.3 Å². The lowest BCUT2D eigenvalue weighted by atomic mass is 9.91. The second kappa shape index (κ2) is 9.58. The molecule has 1 saturated heterocycles. The Hall–Kier alpha value is -3.10. The number of rotatable bonds is 4. The number of hydrogen-bond donors (Lipinski definition) is 1. The van der Waals surface area contributed by atoms with E-state index < -0.39 is 11.6 Å². The standard InChI is InChI=1S/C23H29F2N5O2/c1-23(2,3)12-21(31)30-7-5-18(6-8-30)29(4)22(32)28-20-14-26-19(13-27-20)15-9-16(24)11-17(25)10-15/h9-11,13-14,18H,5-8,12H2,1-4H3,(H,27,28,32). The maximum Gasteiger partial charge on any atom is 0.323 e. The van der Waals surface area contributed by atoms with E-state index in [9.17, 15) is 18.4 Å². The lowest BCUT2D eigenvalue weighted by molar-refractivity contribution is -0.134. The number of aromatic nitrogens is 2. The van der Waals surface area contributed by atoms with Gasteiger partial charge in [-0.05, 0) is 30.4 Å². The molecular weight excluding hydrogens is 416 g/mol. The van der Waals surface area contributed by atoms with E-state index in [2.05, 4.69) is 15.3 Å². The van der Waals surface area contributed by atoms with Crippen LogP contribution in [0.5, 0.6) is 0 Å². The third-order valence-electron chi connectivity index (χ3n) is 5.41. The Morgan fingerprint density at radius 3 is 2.25 bits per heavy atom. The molecule has 0 atom stereocenters. The second-order valence-electron chi connectivity index (χ2n) is 9.34. The van der Waals surface area contributed by atoms with Gasteiger partial charge in [0.2, 0.25) is 5.91 Å². The molecular formula is C23H29F2N5O2. The minimum absolute atomic E-state index is 0.0104. The topological polar surface area (TPSA) is 78.4 Å². The normalized spacial score (nSPS) is 14.9. The molecule has 1 aromatic heterocycles. The molecule has 0 aliphatic carbocycles. The summed E-state index contributed by atoms with van der Waals surface area (Å²) in [5.74, 6) is -1.02. The van der Waals surface area contributed by atoms with Gasteiger partial charge in [-0.15, -0.1) is 0 Å². The number of piperidine rings is 1. The van der Waals surface area contributed by atoms with Crippen molar-refractivity contribution in [2.75, 3.05) is 25.5 Å². The zero-order chi connectivity index (χ0) is 23.5. The minimum atomic E-state index is -0.702. The highest BCUT2D eigenvalue weighted by atomic mass is 19.1. The number of likely N-dealkylation sites (tertiary alicyclic amines) is 1. The molecule has 172 valence electrons. The van der Waals surface area contributed by atoms with E-state index in [1.165, 1.54) is 12.4 Å². The number of nitrogens with one attached hydrogen (secondary N) is 1. The average Bonchev–Trinajstić information content (AvgIpc) is 2.72. The van der Waals surface area contributed by atoms with Gasteiger partial charge in [0, 0.05) is 44.2 Å². The van der Waals surface area contributed by atoms with Crippen molar-refractivity contribution in [1.29, 1.82) is 0 Å². The molecule has 7 nitrogen and oxygen atoms in total. The fourth-order valence-corrected chi connectivity index (χ4v) is 3.67. The molecule has 0 saturated carbocycles. The van der Waals surface area contributed by atoms with E-state index in [0.717, 1.165) is 18.2 Å². The molecule has 0 bridgehead atoms. The first kappa shape index (κ1) is 23.6. The number of urea groups is 1. The van der Waals surface area contributed by atoms with Crippen molar-refractivity contribution in [3.05, 3.63) is 42.2 Å². The summed E-state index contributed by atoms with van der Waals surface area (Å²) < 4.78 is 26.8. The van der Waals surface area contributed by atoms with Crippen LogP contribution in [0.4, 0.5) is 19.4 Å². The second-order valence-corrected chi connectivity index (χ2v) is 9.34. The van der Waals surface area contributed by atoms with Gasteiger partial charge in [-0.25, -0.2) is 18.6 Å². The number of nitrogens with zero attached hydrogens (tertiary/aromatic N) is 4. The maximum atomic E-state index is 13.4. The van der Waals surface area contributed by atoms with Crippen molar-refractivity contribution >= 4 is 17.8 Å². The molecule has 1 N–H and O–H groups in total. The molecule has 0 spiro atoms. The zero-order valence-corrected chi connectivity index (χ0v) is 18.9. The van der Waals surface area contributed by atoms with Gasteiger partial charge in [-0.2, -0.15) is 0 Å². The van der Waals surface area contributed by atoms with Gasteiger partial charge in [0.1, 0.15) is 11.6 Å². The first-order chi connectivity index (χ1) is 15.0. The predicted octanol–water partition coefficient (Wildman–Crippen LogP) is 4.31. The molecule has 1 aliphatic heterocycles. The predicted molar refractivity (Wildman–Crippen MR) is 118 cm³/mol. The van der Waals surface area contributed by atoms with Crippen molar-refractivity contribution in [2.45, 2.75) is 46.1 Å². The molecule has 2 aromatic rings. The van der Waals surface area contributed by atoms with Gasteiger partial charge in [-0.1, -0.05) is 20.8 Å². The molecule has 0 unspecified atom stereocenters. The van der Waals surface area contributed by atoms with Crippen LogP contribution < -0.4 is 5.32 Å². The van der Waals surface area contributed by atoms with E-state index in [0.29, 0.717) is 38.0 Å². The number of anilines is 1. The Morgan fingerprint density at radius 1 is 1.09 bits per heavy atom. The number of hydrogen-bond acceptors (Lipinski definition) is 4. The van der Waals surface area contributed by atoms with Gasteiger partial charge in [0.05, 0.1) is 18.1 Å². The van der Waals surface area contributed by atoms with E-state index >= 15 is 0 Å². The lowest BCUT2D eigenvalue weighted by Crippen LogP contribution is -2.48. The van der Waals surface area contributed by atoms with Crippen molar-refractivity contribution in [2.24, 2.45) is 5.41 Å². The van der Waals surface area contributed by atoms with Crippen LogP contribution in [-0.2, 0) is 4.79 Å². The maximum absolute atomic E-state index is 13.4. The van der Waals surface area contributed by atoms with Crippen LogP contribution >= 0.6 is 0 Å². The largest absolute Gasteiger partial charge is 0.343 e. The van der Waals surface area contributed by atoms with Crippen molar-refractivity contribution in [1.82, 2.24) is 19.8 Å². The van der Waals surface area contributed by atoms with Gasteiger partial charge in [0.25, 0.3) is 0 Å². The average molecular weight is 446 g/mol. The van der Waals surface area contributed by atoms with Crippen molar-refractivity contribution < 1.29 is 18.4 Å². The van der Waals surface area contributed by atoms with E-state index in [-0.39, 0.29) is 34.8 Å². The van der Waals surface area contributed by atoms with Crippen LogP contribution in [0.15, 0.2) is 30.6 Å². The molecule has 9 heteroatoms.